The van der Waals surface area contributed by atoms with E-state index in [9.17, 15) is 8.42 Å². The van der Waals surface area contributed by atoms with Crippen molar-refractivity contribution in [3.05, 3.63) is 23.8 Å². The Morgan fingerprint density at radius 3 is 2.67 bits per heavy atom. The molecule has 1 unspecified atom stereocenters. The van der Waals surface area contributed by atoms with Crippen molar-refractivity contribution in [2.24, 2.45) is 5.14 Å². The first-order valence-electron chi connectivity index (χ1n) is 4.79. The molecule has 0 aliphatic rings. The van der Waals surface area contributed by atoms with Gasteiger partial charge in [0.05, 0.1) is 5.38 Å². The lowest BCUT2D eigenvalue weighted by Gasteiger charge is -2.11. The Balaban J connectivity index is 3.11. The van der Waals surface area contributed by atoms with Gasteiger partial charge >= 0.3 is 0 Å². The number of sulfonamides is 1. The Kier molecular flexibility index (Phi) is 5.23. The summed E-state index contributed by atoms with van der Waals surface area (Å²) < 4.78 is 27.8. The number of alkyl halides is 2. The van der Waals surface area contributed by atoms with E-state index in [0.717, 1.165) is 0 Å². The Morgan fingerprint density at radius 1 is 1.50 bits per heavy atom. The fraction of sp³-hybridized carbons (Fsp3) is 0.300. The third-order valence-electron chi connectivity index (χ3n) is 1.99. The van der Waals surface area contributed by atoms with Crippen LogP contribution in [0.15, 0.2) is 23.1 Å². The quantitative estimate of drug-likeness (QED) is 0.833. The van der Waals surface area contributed by atoms with Crippen LogP contribution in [-0.4, -0.2) is 26.3 Å². The maximum Gasteiger partial charge on any atom is 0.239 e. The second-order valence-electron chi connectivity index (χ2n) is 3.35. The summed E-state index contributed by atoms with van der Waals surface area (Å²) in [5.74, 6) is 0.290. The zero-order valence-electron chi connectivity index (χ0n) is 9.14. The number of ether oxygens (including phenoxy) is 1. The molecule has 0 saturated heterocycles. The van der Waals surface area contributed by atoms with E-state index in [2.05, 4.69) is 0 Å². The van der Waals surface area contributed by atoms with Crippen LogP contribution in [-0.2, 0) is 10.0 Å². The number of nitriles is 1. The molecule has 1 atom stereocenters. The van der Waals surface area contributed by atoms with Crippen molar-refractivity contribution in [3.63, 3.8) is 0 Å². The molecule has 0 amide bonds. The van der Waals surface area contributed by atoms with Crippen LogP contribution in [0, 0.1) is 11.3 Å². The van der Waals surface area contributed by atoms with Gasteiger partial charge in [-0.3, -0.25) is 0 Å². The van der Waals surface area contributed by atoms with Gasteiger partial charge < -0.3 is 4.74 Å². The van der Waals surface area contributed by atoms with Crippen LogP contribution < -0.4 is 9.88 Å². The standard InChI is InChI=1S/C10H10Cl2N2O3S/c11-4-7(12)6-17-9-2-1-3-10(8(9)5-13)18(14,15)16/h1-3,7H,4,6H2,(H2,14,15,16). The molecule has 0 aromatic heterocycles. The van der Waals surface area contributed by atoms with E-state index in [1.807, 2.05) is 0 Å². The van der Waals surface area contributed by atoms with E-state index >= 15 is 0 Å². The molecular formula is C10H10Cl2N2O3S. The van der Waals surface area contributed by atoms with Gasteiger partial charge in [-0.2, -0.15) is 5.26 Å². The van der Waals surface area contributed by atoms with Gasteiger partial charge in [0.25, 0.3) is 0 Å². The van der Waals surface area contributed by atoms with Crippen molar-refractivity contribution in [3.8, 4) is 11.8 Å². The Hall–Kier alpha value is -1.00. The summed E-state index contributed by atoms with van der Waals surface area (Å²) in [7, 11) is -3.97. The number of nitrogens with zero attached hydrogens (tertiary/aromatic N) is 1. The summed E-state index contributed by atoms with van der Waals surface area (Å²) in [6.07, 6.45) is 0. The maximum absolute atomic E-state index is 11.3. The van der Waals surface area contributed by atoms with Gasteiger partial charge in [-0.15, -0.1) is 23.2 Å². The molecule has 18 heavy (non-hydrogen) atoms. The minimum absolute atomic E-state index is 0.0633. The van der Waals surface area contributed by atoms with Gasteiger partial charge in [0.2, 0.25) is 10.0 Å². The van der Waals surface area contributed by atoms with E-state index < -0.39 is 15.4 Å². The Labute approximate surface area is 115 Å². The highest BCUT2D eigenvalue weighted by molar-refractivity contribution is 7.89. The topological polar surface area (TPSA) is 93.2 Å². The highest BCUT2D eigenvalue weighted by atomic mass is 35.5. The predicted molar refractivity (Wildman–Crippen MR) is 68.4 cm³/mol. The highest BCUT2D eigenvalue weighted by Gasteiger charge is 2.18. The van der Waals surface area contributed by atoms with Crippen LogP contribution in [0.25, 0.3) is 0 Å². The van der Waals surface area contributed by atoms with Crippen LogP contribution >= 0.6 is 23.2 Å². The van der Waals surface area contributed by atoms with E-state index in [0.29, 0.717) is 0 Å². The number of rotatable bonds is 5. The molecule has 0 aliphatic carbocycles. The maximum atomic E-state index is 11.3. The van der Waals surface area contributed by atoms with Gasteiger partial charge in [0.1, 0.15) is 28.9 Å². The first kappa shape index (κ1) is 15.1. The number of hydrogen-bond donors (Lipinski definition) is 1. The summed E-state index contributed by atoms with van der Waals surface area (Å²) in [6.45, 7) is 0.0633. The van der Waals surface area contributed by atoms with Gasteiger partial charge in [-0.25, -0.2) is 13.6 Å². The lowest BCUT2D eigenvalue weighted by molar-refractivity contribution is 0.319. The normalized spacial score (nSPS) is 12.8. The third kappa shape index (κ3) is 3.75. The molecule has 0 heterocycles. The summed E-state index contributed by atoms with van der Waals surface area (Å²) in [4.78, 5) is -0.278. The van der Waals surface area contributed by atoms with E-state index in [1.165, 1.54) is 18.2 Å². The van der Waals surface area contributed by atoms with Gasteiger partial charge in [0, 0.05) is 5.88 Å². The second-order valence-corrected chi connectivity index (χ2v) is 5.80. The zero-order chi connectivity index (χ0) is 13.8. The Morgan fingerprint density at radius 2 is 2.17 bits per heavy atom. The molecule has 0 fully saturated rings. The summed E-state index contributed by atoms with van der Waals surface area (Å²) in [5.41, 5.74) is -0.140. The average Bonchev–Trinajstić information content (AvgIpc) is 2.34. The molecule has 0 bridgehead atoms. The molecule has 1 rings (SSSR count). The molecule has 1 aromatic rings. The average molecular weight is 309 g/mol. The monoisotopic (exact) mass is 308 g/mol. The molecular weight excluding hydrogens is 299 g/mol. The minimum atomic E-state index is -3.97. The number of hydrogen-bond acceptors (Lipinski definition) is 4. The smallest absolute Gasteiger partial charge is 0.239 e. The number of primary sulfonamides is 1. The number of benzene rings is 1. The van der Waals surface area contributed by atoms with Crippen molar-refractivity contribution >= 4 is 33.2 Å². The highest BCUT2D eigenvalue weighted by Crippen LogP contribution is 2.24. The molecule has 2 N–H and O–H groups in total. The van der Waals surface area contributed by atoms with Crippen LogP contribution in [0.5, 0.6) is 5.75 Å². The number of halogens is 2. The first-order chi connectivity index (χ1) is 8.40. The summed E-state index contributed by atoms with van der Waals surface area (Å²) in [6, 6.07) is 5.88. The van der Waals surface area contributed by atoms with Gasteiger partial charge in [0.15, 0.2) is 0 Å². The zero-order valence-corrected chi connectivity index (χ0v) is 11.5. The molecule has 0 saturated carbocycles. The van der Waals surface area contributed by atoms with Crippen molar-refractivity contribution in [1.82, 2.24) is 0 Å². The van der Waals surface area contributed by atoms with Crippen molar-refractivity contribution in [2.75, 3.05) is 12.5 Å². The first-order valence-corrected chi connectivity index (χ1v) is 7.30. The van der Waals surface area contributed by atoms with Crippen LogP contribution in [0.3, 0.4) is 0 Å². The molecule has 0 aliphatic heterocycles. The van der Waals surface area contributed by atoms with E-state index in [1.54, 1.807) is 6.07 Å². The van der Waals surface area contributed by atoms with E-state index in [-0.39, 0.29) is 28.7 Å². The number of nitrogens with two attached hydrogens (primary N) is 1. The minimum Gasteiger partial charge on any atom is -0.491 e. The molecule has 98 valence electrons. The largest absolute Gasteiger partial charge is 0.491 e. The van der Waals surface area contributed by atoms with Crippen LogP contribution in [0.2, 0.25) is 0 Å². The summed E-state index contributed by atoms with van der Waals surface area (Å²) >= 11 is 11.3. The predicted octanol–water partition coefficient (Wildman–Crippen LogP) is 1.43. The van der Waals surface area contributed by atoms with Crippen LogP contribution in [0.4, 0.5) is 0 Å². The van der Waals surface area contributed by atoms with Crippen molar-refractivity contribution < 1.29 is 13.2 Å². The SMILES string of the molecule is N#Cc1c(OCC(Cl)CCl)cccc1S(N)(=O)=O. The fourth-order valence-electron chi connectivity index (χ4n) is 1.20. The molecule has 5 nitrogen and oxygen atoms in total. The van der Waals surface area contributed by atoms with Crippen LogP contribution in [0.1, 0.15) is 5.56 Å². The molecule has 1 aromatic carbocycles. The molecule has 0 radical (unpaired) electrons. The third-order valence-corrected chi connectivity index (χ3v) is 3.76. The van der Waals surface area contributed by atoms with Gasteiger partial charge in [-0.05, 0) is 12.1 Å². The Bertz CT molecular complexity index is 569. The fourth-order valence-corrected chi connectivity index (χ4v) is 2.05. The lowest BCUT2D eigenvalue weighted by atomic mass is 10.2. The van der Waals surface area contributed by atoms with E-state index in [4.69, 9.17) is 38.3 Å². The van der Waals surface area contributed by atoms with Crippen molar-refractivity contribution in [1.29, 1.82) is 5.26 Å². The molecule has 8 heteroatoms. The summed E-state index contributed by atoms with van der Waals surface area (Å²) in [5, 5.41) is 13.5. The van der Waals surface area contributed by atoms with Crippen molar-refractivity contribution in [2.45, 2.75) is 10.3 Å². The van der Waals surface area contributed by atoms with Gasteiger partial charge in [-0.1, -0.05) is 6.07 Å². The lowest BCUT2D eigenvalue weighted by Crippen LogP contribution is -2.16. The second kappa shape index (κ2) is 6.25. The molecule has 0 spiro atoms.